The standard InChI is InChI=1S/C14H7Cl2FO3/c15-9-5-8(7-18)13(11(16)6-9)20-14(19)10-3-1-2-4-12(10)17/h1-7H. The maximum atomic E-state index is 13.5. The normalized spacial score (nSPS) is 10.2. The average molecular weight is 313 g/mol. The van der Waals surface area contributed by atoms with Crippen molar-refractivity contribution in [1.29, 1.82) is 0 Å². The van der Waals surface area contributed by atoms with Gasteiger partial charge in [-0.05, 0) is 24.3 Å². The molecule has 0 fully saturated rings. The van der Waals surface area contributed by atoms with E-state index in [1.54, 1.807) is 0 Å². The van der Waals surface area contributed by atoms with Crippen molar-refractivity contribution in [2.24, 2.45) is 0 Å². The number of aldehydes is 1. The van der Waals surface area contributed by atoms with Crippen LogP contribution >= 0.6 is 23.2 Å². The highest BCUT2D eigenvalue weighted by molar-refractivity contribution is 6.36. The Balaban J connectivity index is 2.38. The summed E-state index contributed by atoms with van der Waals surface area (Å²) in [5.41, 5.74) is -0.248. The van der Waals surface area contributed by atoms with Gasteiger partial charge in [0.25, 0.3) is 0 Å². The number of benzene rings is 2. The van der Waals surface area contributed by atoms with Gasteiger partial charge in [0, 0.05) is 5.02 Å². The molecule has 20 heavy (non-hydrogen) atoms. The molecular formula is C14H7Cl2FO3. The zero-order valence-corrected chi connectivity index (χ0v) is 11.4. The minimum atomic E-state index is -0.949. The molecule has 0 spiro atoms. The molecule has 2 rings (SSSR count). The van der Waals surface area contributed by atoms with E-state index in [0.717, 1.165) is 6.07 Å². The minimum absolute atomic E-state index is 0.00666. The molecule has 0 saturated heterocycles. The summed E-state index contributed by atoms with van der Waals surface area (Å²) in [6.07, 6.45) is 0.446. The van der Waals surface area contributed by atoms with Gasteiger partial charge in [-0.1, -0.05) is 35.3 Å². The van der Waals surface area contributed by atoms with Crippen molar-refractivity contribution in [1.82, 2.24) is 0 Å². The predicted octanol–water partition coefficient (Wildman–Crippen LogP) is 4.16. The van der Waals surface area contributed by atoms with Crippen LogP contribution < -0.4 is 4.74 Å². The Morgan fingerprint density at radius 1 is 1.20 bits per heavy atom. The molecule has 0 aliphatic rings. The van der Waals surface area contributed by atoms with Crippen LogP contribution in [0.1, 0.15) is 20.7 Å². The molecule has 0 amide bonds. The molecule has 0 bridgehead atoms. The van der Waals surface area contributed by atoms with Gasteiger partial charge < -0.3 is 4.74 Å². The van der Waals surface area contributed by atoms with E-state index in [2.05, 4.69) is 0 Å². The molecule has 3 nitrogen and oxygen atoms in total. The third-order valence-corrected chi connectivity index (χ3v) is 2.95. The molecule has 6 heteroatoms. The van der Waals surface area contributed by atoms with E-state index >= 15 is 0 Å². The number of carbonyl (C=O) groups is 2. The number of hydrogen-bond donors (Lipinski definition) is 0. The molecule has 0 N–H and O–H groups in total. The van der Waals surface area contributed by atoms with Gasteiger partial charge in [-0.3, -0.25) is 4.79 Å². The summed E-state index contributed by atoms with van der Waals surface area (Å²) < 4.78 is 18.5. The van der Waals surface area contributed by atoms with Gasteiger partial charge in [-0.2, -0.15) is 0 Å². The second-order valence-electron chi connectivity index (χ2n) is 3.79. The summed E-state index contributed by atoms with van der Waals surface area (Å²) in [6.45, 7) is 0. The topological polar surface area (TPSA) is 43.4 Å². The first-order chi connectivity index (χ1) is 9.52. The van der Waals surface area contributed by atoms with Crippen molar-refractivity contribution in [2.75, 3.05) is 0 Å². The fourth-order valence-electron chi connectivity index (χ4n) is 1.55. The molecule has 2 aromatic carbocycles. The van der Waals surface area contributed by atoms with Gasteiger partial charge in [0.05, 0.1) is 16.1 Å². The second-order valence-corrected chi connectivity index (χ2v) is 4.64. The summed E-state index contributed by atoms with van der Waals surface area (Å²) in [5, 5.41) is 0.215. The molecule has 0 unspecified atom stereocenters. The zero-order valence-electron chi connectivity index (χ0n) is 9.90. The first kappa shape index (κ1) is 14.5. The molecular weight excluding hydrogens is 306 g/mol. The van der Waals surface area contributed by atoms with E-state index in [1.807, 2.05) is 0 Å². The number of carbonyl (C=O) groups excluding carboxylic acids is 2. The van der Waals surface area contributed by atoms with E-state index in [9.17, 15) is 14.0 Å². The first-order valence-electron chi connectivity index (χ1n) is 5.44. The molecule has 0 aromatic heterocycles. The van der Waals surface area contributed by atoms with Crippen molar-refractivity contribution in [2.45, 2.75) is 0 Å². The quantitative estimate of drug-likeness (QED) is 0.485. The van der Waals surface area contributed by atoms with Gasteiger partial charge in [-0.15, -0.1) is 0 Å². The zero-order chi connectivity index (χ0) is 14.7. The minimum Gasteiger partial charge on any atom is -0.420 e. The van der Waals surface area contributed by atoms with E-state index in [-0.39, 0.29) is 26.9 Å². The van der Waals surface area contributed by atoms with Crippen LogP contribution in [0.2, 0.25) is 10.0 Å². The Labute approximate surface area is 123 Å². The Bertz CT molecular complexity index is 686. The predicted molar refractivity (Wildman–Crippen MR) is 73.2 cm³/mol. The number of rotatable bonds is 3. The van der Waals surface area contributed by atoms with Gasteiger partial charge in [0.1, 0.15) is 5.82 Å². The number of ether oxygens (including phenoxy) is 1. The SMILES string of the molecule is O=Cc1cc(Cl)cc(Cl)c1OC(=O)c1ccccc1F. The summed E-state index contributed by atoms with van der Waals surface area (Å²) in [7, 11) is 0. The molecule has 0 saturated carbocycles. The lowest BCUT2D eigenvalue weighted by atomic mass is 10.2. The Morgan fingerprint density at radius 2 is 1.90 bits per heavy atom. The summed E-state index contributed by atoms with van der Waals surface area (Å²) in [6, 6.07) is 7.94. The van der Waals surface area contributed by atoms with Crippen LogP contribution in [0.25, 0.3) is 0 Å². The average Bonchev–Trinajstić information content (AvgIpc) is 2.41. The van der Waals surface area contributed by atoms with Crippen LogP contribution in [0.4, 0.5) is 4.39 Å². The van der Waals surface area contributed by atoms with Gasteiger partial charge in [-0.25, -0.2) is 9.18 Å². The van der Waals surface area contributed by atoms with Crippen LogP contribution in [0.15, 0.2) is 36.4 Å². The van der Waals surface area contributed by atoms with E-state index in [0.29, 0.717) is 6.29 Å². The highest BCUT2D eigenvalue weighted by atomic mass is 35.5. The van der Waals surface area contributed by atoms with Crippen LogP contribution in [-0.4, -0.2) is 12.3 Å². The maximum Gasteiger partial charge on any atom is 0.346 e. The Morgan fingerprint density at radius 3 is 2.55 bits per heavy atom. The molecule has 0 aliphatic carbocycles. The highest BCUT2D eigenvalue weighted by Crippen LogP contribution is 2.32. The third kappa shape index (κ3) is 2.98. The molecule has 2 aromatic rings. The molecule has 0 atom stereocenters. The number of esters is 1. The van der Waals surface area contributed by atoms with Crippen molar-refractivity contribution in [3.05, 3.63) is 63.4 Å². The second kappa shape index (κ2) is 6.03. The summed E-state index contributed by atoms with van der Waals surface area (Å²) in [5.74, 6) is -1.83. The lowest BCUT2D eigenvalue weighted by Crippen LogP contribution is -2.12. The fraction of sp³-hybridized carbons (Fsp3) is 0. The largest absolute Gasteiger partial charge is 0.420 e. The van der Waals surface area contributed by atoms with E-state index in [1.165, 1.54) is 30.3 Å². The van der Waals surface area contributed by atoms with Gasteiger partial charge >= 0.3 is 5.97 Å². The molecule has 0 radical (unpaired) electrons. The number of halogens is 3. The fourth-order valence-corrected chi connectivity index (χ4v) is 2.10. The van der Waals surface area contributed by atoms with Crippen molar-refractivity contribution >= 4 is 35.5 Å². The van der Waals surface area contributed by atoms with E-state index < -0.39 is 11.8 Å². The Kier molecular flexibility index (Phi) is 4.37. The smallest absolute Gasteiger partial charge is 0.346 e. The van der Waals surface area contributed by atoms with Crippen molar-refractivity contribution in [3.63, 3.8) is 0 Å². The van der Waals surface area contributed by atoms with E-state index in [4.69, 9.17) is 27.9 Å². The molecule has 0 heterocycles. The third-order valence-electron chi connectivity index (χ3n) is 2.45. The van der Waals surface area contributed by atoms with Crippen LogP contribution in [-0.2, 0) is 0 Å². The highest BCUT2D eigenvalue weighted by Gasteiger charge is 2.18. The van der Waals surface area contributed by atoms with Gasteiger partial charge in [0.2, 0.25) is 0 Å². The summed E-state index contributed by atoms with van der Waals surface area (Å²) >= 11 is 11.6. The van der Waals surface area contributed by atoms with Crippen LogP contribution in [0.5, 0.6) is 5.75 Å². The maximum absolute atomic E-state index is 13.5. The lowest BCUT2D eigenvalue weighted by molar-refractivity contribution is 0.0729. The molecule has 0 aliphatic heterocycles. The summed E-state index contributed by atoms with van der Waals surface area (Å²) in [4.78, 5) is 22.8. The number of hydrogen-bond acceptors (Lipinski definition) is 3. The monoisotopic (exact) mass is 312 g/mol. The van der Waals surface area contributed by atoms with Crippen molar-refractivity contribution in [3.8, 4) is 5.75 Å². The lowest BCUT2D eigenvalue weighted by Gasteiger charge is -2.09. The van der Waals surface area contributed by atoms with Crippen LogP contribution in [0.3, 0.4) is 0 Å². The van der Waals surface area contributed by atoms with Crippen LogP contribution in [0, 0.1) is 5.82 Å². The molecule has 102 valence electrons. The Hall–Kier alpha value is -1.91. The van der Waals surface area contributed by atoms with Crippen molar-refractivity contribution < 1.29 is 18.7 Å². The van der Waals surface area contributed by atoms with Gasteiger partial charge in [0.15, 0.2) is 12.0 Å². The first-order valence-corrected chi connectivity index (χ1v) is 6.19.